The highest BCUT2D eigenvalue weighted by Crippen LogP contribution is 2.20. The second-order valence-electron chi connectivity index (χ2n) is 5.77. The van der Waals surface area contributed by atoms with Gasteiger partial charge in [0.05, 0.1) is 6.07 Å². The molecule has 3 aromatic rings. The predicted octanol–water partition coefficient (Wildman–Crippen LogP) is 3.21. The molecule has 24 heavy (non-hydrogen) atoms. The molecule has 0 aliphatic carbocycles. The Morgan fingerprint density at radius 3 is 2.75 bits per heavy atom. The van der Waals surface area contributed by atoms with Gasteiger partial charge in [0.25, 0.3) is 0 Å². The third kappa shape index (κ3) is 3.64. The topological polar surface area (TPSA) is 68.7 Å². The van der Waals surface area contributed by atoms with Gasteiger partial charge in [-0.1, -0.05) is 42.5 Å². The van der Waals surface area contributed by atoms with E-state index in [1.165, 1.54) is 5.56 Å². The van der Waals surface area contributed by atoms with Crippen LogP contribution in [0.2, 0.25) is 0 Å². The van der Waals surface area contributed by atoms with Gasteiger partial charge in [-0.15, -0.1) is 0 Å². The van der Waals surface area contributed by atoms with Crippen LogP contribution >= 0.6 is 0 Å². The predicted molar refractivity (Wildman–Crippen MR) is 94.3 cm³/mol. The smallest absolute Gasteiger partial charge is 0.237 e. The monoisotopic (exact) mass is 317 g/mol. The van der Waals surface area contributed by atoms with E-state index in [9.17, 15) is 10.1 Å². The molecule has 0 aliphatic heterocycles. The summed E-state index contributed by atoms with van der Waals surface area (Å²) < 4.78 is 0. The van der Waals surface area contributed by atoms with E-state index < -0.39 is 5.92 Å². The number of aromatic nitrogens is 1. The molecule has 3 rings (SSSR count). The van der Waals surface area contributed by atoms with Gasteiger partial charge in [0.15, 0.2) is 0 Å². The summed E-state index contributed by atoms with van der Waals surface area (Å²) in [6, 6.07) is 20.0. The first-order chi connectivity index (χ1) is 11.8. The first-order valence-corrected chi connectivity index (χ1v) is 8.04. The van der Waals surface area contributed by atoms with Crippen LogP contribution in [-0.2, 0) is 17.6 Å². The molecule has 0 spiro atoms. The number of H-pyrrole nitrogens is 1. The van der Waals surface area contributed by atoms with Gasteiger partial charge in [-0.3, -0.25) is 4.79 Å². The van der Waals surface area contributed by atoms with Crippen LogP contribution in [0.4, 0.5) is 0 Å². The fourth-order valence-corrected chi connectivity index (χ4v) is 2.84. The molecule has 0 unspecified atom stereocenters. The van der Waals surface area contributed by atoms with E-state index in [4.69, 9.17) is 0 Å². The zero-order chi connectivity index (χ0) is 16.8. The first kappa shape index (κ1) is 15.8. The number of hydrogen-bond acceptors (Lipinski definition) is 2. The van der Waals surface area contributed by atoms with Crippen LogP contribution in [0.15, 0.2) is 60.8 Å². The molecule has 1 heterocycles. The highest BCUT2D eigenvalue weighted by molar-refractivity contribution is 5.85. The van der Waals surface area contributed by atoms with Gasteiger partial charge < -0.3 is 10.3 Å². The third-order valence-electron chi connectivity index (χ3n) is 4.14. The van der Waals surface area contributed by atoms with Crippen molar-refractivity contribution in [1.82, 2.24) is 10.3 Å². The van der Waals surface area contributed by atoms with E-state index in [2.05, 4.69) is 16.4 Å². The quantitative estimate of drug-likeness (QED) is 0.733. The molecule has 0 fully saturated rings. The van der Waals surface area contributed by atoms with Crippen LogP contribution in [0.5, 0.6) is 0 Å². The average Bonchev–Trinajstić information content (AvgIpc) is 3.10. The SMILES string of the molecule is N#C[C@@H](Cc1cccc2[nH]ccc12)C(=O)NCCc1ccccc1. The van der Waals surface area contributed by atoms with Crippen molar-refractivity contribution in [3.63, 3.8) is 0 Å². The van der Waals surface area contributed by atoms with Gasteiger partial charge in [-0.25, -0.2) is 0 Å². The second-order valence-corrected chi connectivity index (χ2v) is 5.77. The molecule has 1 aromatic heterocycles. The Balaban J connectivity index is 1.60. The van der Waals surface area contributed by atoms with Crippen LogP contribution in [0.1, 0.15) is 11.1 Å². The fourth-order valence-electron chi connectivity index (χ4n) is 2.84. The standard InChI is InChI=1S/C20H19N3O/c21-14-17(13-16-7-4-8-19-18(16)10-12-22-19)20(24)23-11-9-15-5-2-1-3-6-15/h1-8,10,12,17,22H,9,11,13H2,(H,23,24)/t17-/m1/s1. The molecule has 2 N–H and O–H groups in total. The van der Waals surface area contributed by atoms with Gasteiger partial charge in [-0.05, 0) is 36.1 Å². The molecule has 2 aromatic carbocycles. The lowest BCUT2D eigenvalue weighted by molar-refractivity contribution is -0.123. The number of carbonyl (C=O) groups is 1. The van der Waals surface area contributed by atoms with Crippen molar-refractivity contribution in [2.75, 3.05) is 6.54 Å². The Kier molecular flexibility index (Phi) is 4.93. The summed E-state index contributed by atoms with van der Waals surface area (Å²) in [5, 5.41) is 13.3. The van der Waals surface area contributed by atoms with Gasteiger partial charge in [0.1, 0.15) is 5.92 Å². The number of hydrogen-bond donors (Lipinski definition) is 2. The zero-order valence-electron chi connectivity index (χ0n) is 13.3. The normalized spacial score (nSPS) is 11.8. The van der Waals surface area contributed by atoms with Crippen molar-refractivity contribution >= 4 is 16.8 Å². The number of amides is 1. The van der Waals surface area contributed by atoms with Crippen LogP contribution < -0.4 is 5.32 Å². The van der Waals surface area contributed by atoms with E-state index >= 15 is 0 Å². The van der Waals surface area contributed by atoms with Gasteiger partial charge in [0.2, 0.25) is 5.91 Å². The number of benzene rings is 2. The van der Waals surface area contributed by atoms with E-state index in [0.717, 1.165) is 22.9 Å². The minimum Gasteiger partial charge on any atom is -0.361 e. The molecule has 120 valence electrons. The second kappa shape index (κ2) is 7.47. The lowest BCUT2D eigenvalue weighted by Crippen LogP contribution is -2.32. The van der Waals surface area contributed by atoms with E-state index in [0.29, 0.717) is 13.0 Å². The summed E-state index contributed by atoms with van der Waals surface area (Å²) >= 11 is 0. The molecule has 0 saturated carbocycles. The molecule has 0 saturated heterocycles. The van der Waals surface area contributed by atoms with Crippen LogP contribution in [0.3, 0.4) is 0 Å². The Labute approximate surface area is 141 Å². The lowest BCUT2D eigenvalue weighted by atomic mass is 9.97. The minimum atomic E-state index is -0.679. The molecule has 0 radical (unpaired) electrons. The number of nitriles is 1. The fraction of sp³-hybridized carbons (Fsp3) is 0.200. The molecule has 1 amide bonds. The Morgan fingerprint density at radius 2 is 1.96 bits per heavy atom. The van der Waals surface area contributed by atoms with Crippen LogP contribution in [0.25, 0.3) is 10.9 Å². The summed E-state index contributed by atoms with van der Waals surface area (Å²) in [4.78, 5) is 15.5. The van der Waals surface area contributed by atoms with E-state index in [1.807, 2.05) is 60.8 Å². The summed E-state index contributed by atoms with van der Waals surface area (Å²) in [7, 11) is 0. The summed E-state index contributed by atoms with van der Waals surface area (Å²) in [6.45, 7) is 0.537. The molecule has 4 heteroatoms. The Bertz CT molecular complexity index is 861. The molecular formula is C20H19N3O. The zero-order valence-corrected chi connectivity index (χ0v) is 13.3. The summed E-state index contributed by atoms with van der Waals surface area (Å²) in [6.07, 6.45) is 3.05. The van der Waals surface area contributed by atoms with Crippen molar-refractivity contribution in [2.24, 2.45) is 5.92 Å². The minimum absolute atomic E-state index is 0.207. The molecule has 1 atom stereocenters. The number of nitrogens with one attached hydrogen (secondary N) is 2. The van der Waals surface area contributed by atoms with Crippen LogP contribution in [-0.4, -0.2) is 17.4 Å². The third-order valence-corrected chi connectivity index (χ3v) is 4.14. The summed E-state index contributed by atoms with van der Waals surface area (Å²) in [5.74, 6) is -0.887. The molecule has 4 nitrogen and oxygen atoms in total. The number of fused-ring (bicyclic) bond motifs is 1. The van der Waals surface area contributed by atoms with Gasteiger partial charge in [0, 0.05) is 23.6 Å². The van der Waals surface area contributed by atoms with Crippen molar-refractivity contribution in [1.29, 1.82) is 5.26 Å². The lowest BCUT2D eigenvalue weighted by Gasteiger charge is -2.11. The Hall–Kier alpha value is -3.06. The highest BCUT2D eigenvalue weighted by atomic mass is 16.1. The van der Waals surface area contributed by atoms with Gasteiger partial charge in [-0.2, -0.15) is 5.26 Å². The maximum atomic E-state index is 12.3. The van der Waals surface area contributed by atoms with Gasteiger partial charge >= 0.3 is 0 Å². The maximum Gasteiger partial charge on any atom is 0.237 e. The van der Waals surface area contributed by atoms with Crippen molar-refractivity contribution in [2.45, 2.75) is 12.8 Å². The number of rotatable bonds is 6. The number of carbonyl (C=O) groups excluding carboxylic acids is 1. The molecule has 0 bridgehead atoms. The maximum absolute atomic E-state index is 12.3. The van der Waals surface area contributed by atoms with Crippen molar-refractivity contribution in [3.8, 4) is 6.07 Å². The highest BCUT2D eigenvalue weighted by Gasteiger charge is 2.19. The molecule has 0 aliphatic rings. The van der Waals surface area contributed by atoms with Crippen molar-refractivity contribution < 1.29 is 4.79 Å². The Morgan fingerprint density at radius 1 is 1.12 bits per heavy atom. The average molecular weight is 317 g/mol. The number of nitrogens with zero attached hydrogens (tertiary/aromatic N) is 1. The van der Waals surface area contributed by atoms with E-state index in [1.54, 1.807) is 0 Å². The van der Waals surface area contributed by atoms with Crippen LogP contribution in [0, 0.1) is 17.2 Å². The molecular weight excluding hydrogens is 298 g/mol. The van der Waals surface area contributed by atoms with Crippen molar-refractivity contribution in [3.05, 3.63) is 71.9 Å². The van der Waals surface area contributed by atoms with E-state index in [-0.39, 0.29) is 5.91 Å². The first-order valence-electron chi connectivity index (χ1n) is 8.04. The summed E-state index contributed by atoms with van der Waals surface area (Å²) in [5.41, 5.74) is 3.20. The largest absolute Gasteiger partial charge is 0.361 e. The number of aromatic amines is 1.